The summed E-state index contributed by atoms with van der Waals surface area (Å²) in [5, 5.41) is 0. The summed E-state index contributed by atoms with van der Waals surface area (Å²) in [6, 6.07) is 14.0. The summed E-state index contributed by atoms with van der Waals surface area (Å²) in [6.07, 6.45) is 1.00. The standard InChI is InChI=1S/C17H19N3O/c1-3-12-6-4-7-13(10-12)21-11-16-19-17-14(18)8-5-9-15(17)20(16)2/h4-10H,3,11,18H2,1-2H3. The number of rotatable bonds is 4. The number of aromatic nitrogens is 2. The van der Waals surface area contributed by atoms with Crippen molar-refractivity contribution in [3.8, 4) is 5.75 Å². The molecule has 4 heteroatoms. The molecular formula is C17H19N3O. The van der Waals surface area contributed by atoms with E-state index < -0.39 is 0 Å². The number of nitrogens with zero attached hydrogens (tertiary/aromatic N) is 2. The van der Waals surface area contributed by atoms with E-state index in [1.54, 1.807) is 0 Å². The molecule has 0 saturated carbocycles. The van der Waals surface area contributed by atoms with Gasteiger partial charge in [0.1, 0.15) is 23.7 Å². The van der Waals surface area contributed by atoms with E-state index in [2.05, 4.69) is 24.0 Å². The van der Waals surface area contributed by atoms with Gasteiger partial charge in [-0.2, -0.15) is 0 Å². The Morgan fingerprint density at radius 1 is 1.19 bits per heavy atom. The van der Waals surface area contributed by atoms with Crippen LogP contribution in [0.5, 0.6) is 5.75 Å². The van der Waals surface area contributed by atoms with Crippen LogP contribution >= 0.6 is 0 Å². The summed E-state index contributed by atoms with van der Waals surface area (Å²) in [6.45, 7) is 2.56. The van der Waals surface area contributed by atoms with E-state index >= 15 is 0 Å². The minimum Gasteiger partial charge on any atom is -0.486 e. The number of hydrogen-bond donors (Lipinski definition) is 1. The first kappa shape index (κ1) is 13.5. The highest BCUT2D eigenvalue weighted by Crippen LogP contribution is 2.22. The number of aryl methyl sites for hydroxylation is 2. The molecule has 0 aliphatic heterocycles. The third kappa shape index (κ3) is 2.57. The van der Waals surface area contributed by atoms with Crippen LogP contribution in [0.25, 0.3) is 11.0 Å². The van der Waals surface area contributed by atoms with Gasteiger partial charge in [0, 0.05) is 7.05 Å². The molecule has 2 N–H and O–H groups in total. The SMILES string of the molecule is CCc1cccc(OCc2nc3c(N)cccc3n2C)c1. The van der Waals surface area contributed by atoms with Crippen molar-refractivity contribution in [1.29, 1.82) is 0 Å². The highest BCUT2D eigenvalue weighted by molar-refractivity contribution is 5.87. The molecule has 0 spiro atoms. The second-order valence-corrected chi connectivity index (χ2v) is 5.09. The Balaban J connectivity index is 1.85. The van der Waals surface area contributed by atoms with Gasteiger partial charge in [-0.05, 0) is 36.2 Å². The van der Waals surface area contributed by atoms with E-state index in [4.69, 9.17) is 10.5 Å². The average Bonchev–Trinajstić information content (AvgIpc) is 2.84. The zero-order valence-electron chi connectivity index (χ0n) is 12.3. The van der Waals surface area contributed by atoms with Crippen molar-refractivity contribution in [2.75, 3.05) is 5.73 Å². The fourth-order valence-corrected chi connectivity index (χ4v) is 2.42. The van der Waals surface area contributed by atoms with Crippen molar-refractivity contribution in [3.63, 3.8) is 0 Å². The average molecular weight is 281 g/mol. The molecular weight excluding hydrogens is 262 g/mol. The smallest absolute Gasteiger partial charge is 0.147 e. The minimum absolute atomic E-state index is 0.428. The van der Waals surface area contributed by atoms with Crippen LogP contribution in [0.3, 0.4) is 0 Å². The lowest BCUT2D eigenvalue weighted by Gasteiger charge is -2.07. The molecule has 4 nitrogen and oxygen atoms in total. The van der Waals surface area contributed by atoms with Gasteiger partial charge in [-0.25, -0.2) is 4.98 Å². The summed E-state index contributed by atoms with van der Waals surface area (Å²) in [7, 11) is 1.98. The van der Waals surface area contributed by atoms with Gasteiger partial charge in [0.15, 0.2) is 0 Å². The fourth-order valence-electron chi connectivity index (χ4n) is 2.42. The predicted molar refractivity (Wildman–Crippen MR) is 85.3 cm³/mol. The number of ether oxygens (including phenoxy) is 1. The lowest BCUT2D eigenvalue weighted by molar-refractivity contribution is 0.292. The zero-order valence-corrected chi connectivity index (χ0v) is 12.3. The first-order chi connectivity index (χ1) is 10.2. The Morgan fingerprint density at radius 2 is 2.00 bits per heavy atom. The number of fused-ring (bicyclic) bond motifs is 1. The maximum Gasteiger partial charge on any atom is 0.147 e. The molecule has 21 heavy (non-hydrogen) atoms. The van der Waals surface area contributed by atoms with Crippen LogP contribution in [-0.2, 0) is 20.1 Å². The van der Waals surface area contributed by atoms with Crippen LogP contribution in [0.2, 0.25) is 0 Å². The van der Waals surface area contributed by atoms with Crippen LogP contribution in [0, 0.1) is 0 Å². The fraction of sp³-hybridized carbons (Fsp3) is 0.235. The van der Waals surface area contributed by atoms with Crippen molar-refractivity contribution in [1.82, 2.24) is 9.55 Å². The van der Waals surface area contributed by atoms with E-state index in [0.29, 0.717) is 12.3 Å². The molecule has 0 fully saturated rings. The molecule has 0 bridgehead atoms. The number of anilines is 1. The quantitative estimate of drug-likeness (QED) is 0.747. The maximum absolute atomic E-state index is 5.97. The largest absolute Gasteiger partial charge is 0.486 e. The normalized spacial score (nSPS) is 11.0. The summed E-state index contributed by atoms with van der Waals surface area (Å²) < 4.78 is 7.88. The van der Waals surface area contributed by atoms with Crippen molar-refractivity contribution < 1.29 is 4.74 Å². The number of nitrogens with two attached hydrogens (primary N) is 1. The lowest BCUT2D eigenvalue weighted by atomic mass is 10.2. The number of benzene rings is 2. The topological polar surface area (TPSA) is 53.1 Å². The molecule has 3 aromatic rings. The van der Waals surface area contributed by atoms with Crippen LogP contribution in [0.1, 0.15) is 18.3 Å². The lowest BCUT2D eigenvalue weighted by Crippen LogP contribution is -2.03. The highest BCUT2D eigenvalue weighted by Gasteiger charge is 2.10. The summed E-state index contributed by atoms with van der Waals surface area (Å²) in [4.78, 5) is 4.58. The van der Waals surface area contributed by atoms with Crippen LogP contribution in [0.15, 0.2) is 42.5 Å². The third-order valence-corrected chi connectivity index (χ3v) is 3.71. The molecule has 0 aliphatic carbocycles. The Kier molecular flexibility index (Phi) is 3.52. The maximum atomic E-state index is 5.97. The van der Waals surface area contributed by atoms with Crippen LogP contribution < -0.4 is 10.5 Å². The van der Waals surface area contributed by atoms with Crippen LogP contribution in [0.4, 0.5) is 5.69 Å². The van der Waals surface area contributed by atoms with E-state index in [-0.39, 0.29) is 0 Å². The molecule has 0 unspecified atom stereocenters. The molecule has 0 saturated heterocycles. The molecule has 3 rings (SSSR count). The minimum atomic E-state index is 0.428. The number of nitrogen functional groups attached to an aromatic ring is 1. The zero-order chi connectivity index (χ0) is 14.8. The molecule has 2 aromatic carbocycles. The highest BCUT2D eigenvalue weighted by atomic mass is 16.5. The van der Waals surface area contributed by atoms with Gasteiger partial charge in [-0.3, -0.25) is 0 Å². The van der Waals surface area contributed by atoms with E-state index in [1.807, 2.05) is 41.9 Å². The van der Waals surface area contributed by atoms with Gasteiger partial charge in [0.2, 0.25) is 0 Å². The molecule has 1 heterocycles. The van der Waals surface area contributed by atoms with Gasteiger partial charge in [-0.1, -0.05) is 25.1 Å². The van der Waals surface area contributed by atoms with Crippen molar-refractivity contribution >= 4 is 16.7 Å². The van der Waals surface area contributed by atoms with Crippen LogP contribution in [-0.4, -0.2) is 9.55 Å². The number of hydrogen-bond acceptors (Lipinski definition) is 3. The second-order valence-electron chi connectivity index (χ2n) is 5.09. The van der Waals surface area contributed by atoms with Crippen molar-refractivity contribution in [2.24, 2.45) is 7.05 Å². The Hall–Kier alpha value is -2.49. The second kappa shape index (κ2) is 5.48. The van der Waals surface area contributed by atoms with E-state index in [1.165, 1.54) is 5.56 Å². The van der Waals surface area contributed by atoms with E-state index in [0.717, 1.165) is 29.0 Å². The molecule has 1 aromatic heterocycles. The predicted octanol–water partition coefficient (Wildman–Crippen LogP) is 3.30. The van der Waals surface area contributed by atoms with E-state index in [9.17, 15) is 0 Å². The van der Waals surface area contributed by atoms with Gasteiger partial charge in [0.25, 0.3) is 0 Å². The number of imidazole rings is 1. The molecule has 0 aliphatic rings. The summed E-state index contributed by atoms with van der Waals surface area (Å²) in [5.74, 6) is 1.74. The first-order valence-electron chi connectivity index (χ1n) is 7.10. The first-order valence-corrected chi connectivity index (χ1v) is 7.10. The Morgan fingerprint density at radius 3 is 2.76 bits per heavy atom. The monoisotopic (exact) mass is 281 g/mol. The Bertz CT molecular complexity index is 777. The van der Waals surface area contributed by atoms with Gasteiger partial charge in [-0.15, -0.1) is 0 Å². The molecule has 0 atom stereocenters. The van der Waals surface area contributed by atoms with Gasteiger partial charge < -0.3 is 15.0 Å². The van der Waals surface area contributed by atoms with Crippen molar-refractivity contribution in [2.45, 2.75) is 20.0 Å². The molecule has 0 radical (unpaired) electrons. The summed E-state index contributed by atoms with van der Waals surface area (Å²) in [5.41, 5.74) is 9.79. The third-order valence-electron chi connectivity index (χ3n) is 3.71. The Labute approximate surface area is 124 Å². The van der Waals surface area contributed by atoms with Gasteiger partial charge >= 0.3 is 0 Å². The molecule has 108 valence electrons. The number of para-hydroxylation sites is 1. The van der Waals surface area contributed by atoms with Crippen molar-refractivity contribution in [3.05, 3.63) is 53.9 Å². The van der Waals surface area contributed by atoms with Gasteiger partial charge in [0.05, 0.1) is 11.2 Å². The molecule has 0 amide bonds. The summed E-state index contributed by atoms with van der Waals surface area (Å²) >= 11 is 0.